The van der Waals surface area contributed by atoms with E-state index in [1.165, 1.54) is 0 Å². The summed E-state index contributed by atoms with van der Waals surface area (Å²) >= 11 is 0. The van der Waals surface area contributed by atoms with E-state index < -0.39 is 0 Å². The Labute approximate surface area is 207 Å². The number of pyridine rings is 1. The van der Waals surface area contributed by atoms with Crippen molar-refractivity contribution in [1.29, 1.82) is 0 Å². The number of rotatable bonds is 5. The maximum absolute atomic E-state index is 13.7. The second kappa shape index (κ2) is 9.68. The van der Waals surface area contributed by atoms with E-state index in [1.54, 1.807) is 6.20 Å². The second-order valence-corrected chi connectivity index (χ2v) is 10.7. The first-order valence-electron chi connectivity index (χ1n) is 12.6. The van der Waals surface area contributed by atoms with Crippen LogP contribution in [0.25, 0.3) is 0 Å². The average Bonchev–Trinajstić information content (AvgIpc) is 2.98. The summed E-state index contributed by atoms with van der Waals surface area (Å²) in [7, 11) is 0. The molecule has 1 aromatic carbocycles. The lowest BCUT2D eigenvalue weighted by Gasteiger charge is -2.41. The molecule has 0 saturated heterocycles. The van der Waals surface area contributed by atoms with Gasteiger partial charge in [-0.05, 0) is 61.3 Å². The minimum atomic E-state index is -0.143. The molecule has 5 rings (SSSR count). The van der Waals surface area contributed by atoms with Gasteiger partial charge >= 0.3 is 0 Å². The van der Waals surface area contributed by atoms with Gasteiger partial charge in [0, 0.05) is 23.9 Å². The van der Waals surface area contributed by atoms with Crippen LogP contribution in [0, 0.1) is 11.3 Å². The van der Waals surface area contributed by atoms with Gasteiger partial charge in [0.25, 0.3) is 0 Å². The first-order chi connectivity index (χ1) is 16.9. The van der Waals surface area contributed by atoms with Crippen molar-refractivity contribution in [2.75, 3.05) is 16.8 Å². The molecular formula is C29H34N4O2. The van der Waals surface area contributed by atoms with Crippen molar-refractivity contribution < 1.29 is 9.59 Å². The zero-order chi connectivity index (χ0) is 24.4. The van der Waals surface area contributed by atoms with Crippen LogP contribution in [-0.2, 0) is 16.1 Å². The molecule has 1 amide bonds. The molecule has 0 spiro atoms. The lowest BCUT2D eigenvalue weighted by molar-refractivity contribution is -0.121. The summed E-state index contributed by atoms with van der Waals surface area (Å²) in [5.74, 6) is 0.399. The number of Topliss-reactive ketones (excluding diaryl/α,β-unsaturated/α-hetero) is 1. The van der Waals surface area contributed by atoms with Gasteiger partial charge < -0.3 is 15.5 Å². The van der Waals surface area contributed by atoms with E-state index in [2.05, 4.69) is 52.6 Å². The van der Waals surface area contributed by atoms with Crippen LogP contribution in [0.4, 0.5) is 11.4 Å². The fraction of sp³-hybridized carbons (Fsp3) is 0.414. The number of para-hydroxylation sites is 2. The number of fused-ring (bicyclic) bond motifs is 1. The Bertz CT molecular complexity index is 1170. The summed E-state index contributed by atoms with van der Waals surface area (Å²) in [6.07, 6.45) is 10.5. The quantitative estimate of drug-likeness (QED) is 0.602. The van der Waals surface area contributed by atoms with Gasteiger partial charge in [0.15, 0.2) is 5.78 Å². The highest BCUT2D eigenvalue weighted by atomic mass is 16.2. The molecule has 6 nitrogen and oxygen atoms in total. The van der Waals surface area contributed by atoms with Crippen LogP contribution < -0.4 is 15.5 Å². The fourth-order valence-corrected chi connectivity index (χ4v) is 5.77. The van der Waals surface area contributed by atoms with Crippen molar-refractivity contribution in [2.24, 2.45) is 11.3 Å². The van der Waals surface area contributed by atoms with Gasteiger partial charge in [-0.1, -0.05) is 44.2 Å². The van der Waals surface area contributed by atoms with Gasteiger partial charge in [-0.25, -0.2) is 0 Å². The molecule has 35 heavy (non-hydrogen) atoms. The van der Waals surface area contributed by atoms with Crippen LogP contribution in [0.3, 0.4) is 0 Å². The molecule has 2 atom stereocenters. The number of carbonyl (C=O) groups excluding carboxylic acids is 2. The van der Waals surface area contributed by atoms with Crippen LogP contribution in [0.2, 0.25) is 0 Å². The van der Waals surface area contributed by atoms with Crippen LogP contribution in [0.5, 0.6) is 0 Å². The lowest BCUT2D eigenvalue weighted by atomic mass is 9.71. The van der Waals surface area contributed by atoms with Crippen LogP contribution >= 0.6 is 0 Å². The topological polar surface area (TPSA) is 74.3 Å². The van der Waals surface area contributed by atoms with E-state index in [0.717, 1.165) is 54.0 Å². The molecule has 2 aromatic rings. The number of nitrogens with one attached hydrogen (secondary N) is 2. The monoisotopic (exact) mass is 470 g/mol. The standard InChI is InChI=1S/C29H34N4O2/c1-29(2)16-23-27(25(34)17-29)28(20-10-4-3-5-11-20)33(24-14-7-6-13-22(24)32-23)19-26(35)31-18-21-12-8-9-15-30-21/h3-4,6-9,12-15,20,28,32H,5,10-11,16-19H2,1-2H3,(H,31,35)/t20-,28+/m0/s1. The fourth-order valence-electron chi connectivity index (χ4n) is 5.77. The summed E-state index contributed by atoms with van der Waals surface area (Å²) in [5, 5.41) is 6.67. The molecule has 2 N–H and O–H groups in total. The molecule has 2 aliphatic carbocycles. The van der Waals surface area contributed by atoms with Gasteiger partial charge in [-0.3, -0.25) is 14.6 Å². The molecule has 1 aromatic heterocycles. The molecule has 6 heteroatoms. The van der Waals surface area contributed by atoms with Crippen molar-refractivity contribution in [3.63, 3.8) is 0 Å². The van der Waals surface area contributed by atoms with Gasteiger partial charge in [0.05, 0.1) is 36.2 Å². The number of nitrogens with zero attached hydrogens (tertiary/aromatic N) is 2. The van der Waals surface area contributed by atoms with Gasteiger partial charge in [-0.15, -0.1) is 0 Å². The van der Waals surface area contributed by atoms with Gasteiger partial charge in [-0.2, -0.15) is 0 Å². The Kier molecular flexibility index (Phi) is 6.46. The summed E-state index contributed by atoms with van der Waals surface area (Å²) in [6, 6.07) is 13.7. The van der Waals surface area contributed by atoms with E-state index in [1.807, 2.05) is 36.4 Å². The molecule has 0 unspecified atom stereocenters. The molecule has 182 valence electrons. The van der Waals surface area contributed by atoms with E-state index in [0.29, 0.717) is 13.0 Å². The normalized spacial score (nSPS) is 23.1. The maximum atomic E-state index is 13.7. The number of ketones is 1. The third-order valence-electron chi connectivity index (χ3n) is 7.31. The summed E-state index contributed by atoms with van der Waals surface area (Å²) in [6.45, 7) is 4.89. The Hall–Kier alpha value is -3.41. The summed E-state index contributed by atoms with van der Waals surface area (Å²) in [5.41, 5.74) is 4.55. The maximum Gasteiger partial charge on any atom is 0.239 e. The number of hydrogen-bond acceptors (Lipinski definition) is 5. The number of anilines is 2. The first-order valence-corrected chi connectivity index (χ1v) is 12.6. The molecule has 3 aliphatic rings. The zero-order valence-electron chi connectivity index (χ0n) is 20.6. The second-order valence-electron chi connectivity index (χ2n) is 10.7. The Morgan fingerprint density at radius 2 is 1.97 bits per heavy atom. The summed E-state index contributed by atoms with van der Waals surface area (Å²) < 4.78 is 0. The van der Waals surface area contributed by atoms with E-state index >= 15 is 0 Å². The molecule has 2 heterocycles. The van der Waals surface area contributed by atoms with Crippen molar-refractivity contribution in [3.05, 3.63) is 77.8 Å². The molecule has 0 saturated carbocycles. The van der Waals surface area contributed by atoms with E-state index in [4.69, 9.17) is 0 Å². The number of amides is 1. The number of benzene rings is 1. The highest BCUT2D eigenvalue weighted by molar-refractivity contribution is 6.01. The smallest absolute Gasteiger partial charge is 0.239 e. The third kappa shape index (κ3) is 5.02. The average molecular weight is 471 g/mol. The number of allylic oxidation sites excluding steroid dienone is 3. The van der Waals surface area contributed by atoms with Crippen LogP contribution in [0.15, 0.2) is 72.1 Å². The van der Waals surface area contributed by atoms with Crippen LogP contribution in [0.1, 0.15) is 51.6 Å². The Morgan fingerprint density at radius 3 is 2.74 bits per heavy atom. The third-order valence-corrected chi connectivity index (χ3v) is 7.31. The van der Waals surface area contributed by atoms with Crippen LogP contribution in [-0.4, -0.2) is 29.3 Å². The largest absolute Gasteiger partial charge is 0.357 e. The van der Waals surface area contributed by atoms with Crippen molar-refractivity contribution in [3.8, 4) is 0 Å². The number of aromatic nitrogens is 1. The molecule has 0 radical (unpaired) electrons. The number of hydrogen-bond donors (Lipinski definition) is 2. The first kappa shape index (κ1) is 23.3. The highest BCUT2D eigenvalue weighted by Gasteiger charge is 2.43. The van der Waals surface area contributed by atoms with Gasteiger partial charge in [0.1, 0.15) is 0 Å². The Balaban J connectivity index is 1.53. The van der Waals surface area contributed by atoms with E-state index in [9.17, 15) is 9.59 Å². The van der Waals surface area contributed by atoms with Crippen molar-refractivity contribution in [2.45, 2.75) is 58.5 Å². The lowest BCUT2D eigenvalue weighted by Crippen LogP contribution is -2.49. The minimum absolute atomic E-state index is 0.0746. The molecule has 1 aliphatic heterocycles. The SMILES string of the molecule is CC1(C)CC(=O)C2=C(C1)Nc1ccccc1N(CC(=O)NCc1ccccn1)[C@@H]2[C@H]1CC=CCC1. The molecule has 0 fully saturated rings. The zero-order valence-corrected chi connectivity index (χ0v) is 20.6. The van der Waals surface area contributed by atoms with Crippen molar-refractivity contribution >= 4 is 23.1 Å². The van der Waals surface area contributed by atoms with Crippen molar-refractivity contribution in [1.82, 2.24) is 10.3 Å². The minimum Gasteiger partial charge on any atom is -0.357 e. The van der Waals surface area contributed by atoms with Gasteiger partial charge in [0.2, 0.25) is 5.91 Å². The highest BCUT2D eigenvalue weighted by Crippen LogP contribution is 2.46. The number of carbonyl (C=O) groups is 2. The summed E-state index contributed by atoms with van der Waals surface area (Å²) in [4.78, 5) is 33.5. The Morgan fingerprint density at radius 1 is 1.14 bits per heavy atom. The molecular weight excluding hydrogens is 436 g/mol. The molecule has 0 bridgehead atoms. The van der Waals surface area contributed by atoms with E-state index in [-0.39, 0.29) is 35.6 Å². The predicted molar refractivity (Wildman–Crippen MR) is 139 cm³/mol. The predicted octanol–water partition coefficient (Wildman–Crippen LogP) is 5.00.